The summed E-state index contributed by atoms with van der Waals surface area (Å²) in [5, 5.41) is 0. The molecular formula is C9H13F3O2. The summed E-state index contributed by atoms with van der Waals surface area (Å²) < 4.78 is 41.0. The Hall–Kier alpha value is -0.580. The summed E-state index contributed by atoms with van der Waals surface area (Å²) in [6, 6.07) is 0. The molecule has 2 nitrogen and oxygen atoms in total. The van der Waals surface area contributed by atoms with Gasteiger partial charge in [0.2, 0.25) is 5.78 Å². The summed E-state index contributed by atoms with van der Waals surface area (Å²) in [6.07, 6.45) is -4.06. The first kappa shape index (κ1) is 11.5. The van der Waals surface area contributed by atoms with Crippen molar-refractivity contribution < 1.29 is 22.7 Å². The normalized spacial score (nSPS) is 22.0. The monoisotopic (exact) mass is 210 g/mol. The maximum atomic E-state index is 12.0. The van der Waals surface area contributed by atoms with Gasteiger partial charge in [-0.25, -0.2) is 0 Å². The molecule has 0 aromatic heterocycles. The lowest BCUT2D eigenvalue weighted by molar-refractivity contribution is -0.174. The summed E-state index contributed by atoms with van der Waals surface area (Å²) in [5.74, 6) is -1.62. The highest BCUT2D eigenvalue weighted by molar-refractivity contribution is 5.84. The number of Topliss-reactive ketones (excluding diaryl/α,β-unsaturated/α-hetero) is 1. The van der Waals surface area contributed by atoms with E-state index in [0.29, 0.717) is 26.1 Å². The SMILES string of the molecule is CC1(CC(=O)C(F)(F)F)CCOCC1. The molecular weight excluding hydrogens is 197 g/mol. The molecule has 1 rings (SSSR count). The summed E-state index contributed by atoms with van der Waals surface area (Å²) in [6.45, 7) is 2.60. The van der Waals surface area contributed by atoms with Crippen LogP contribution in [0.1, 0.15) is 26.2 Å². The molecule has 0 saturated carbocycles. The fraction of sp³-hybridized carbons (Fsp3) is 0.889. The molecule has 0 aromatic carbocycles. The molecule has 5 heteroatoms. The Bertz CT molecular complexity index is 217. The summed E-state index contributed by atoms with van der Waals surface area (Å²) in [4.78, 5) is 10.8. The fourth-order valence-corrected chi connectivity index (χ4v) is 1.53. The van der Waals surface area contributed by atoms with Crippen LogP contribution in [0.5, 0.6) is 0 Å². The van der Waals surface area contributed by atoms with Crippen molar-refractivity contribution in [2.24, 2.45) is 5.41 Å². The Morgan fingerprint density at radius 1 is 1.36 bits per heavy atom. The van der Waals surface area contributed by atoms with Crippen LogP contribution in [-0.2, 0) is 9.53 Å². The maximum Gasteiger partial charge on any atom is 0.449 e. The van der Waals surface area contributed by atoms with Crippen LogP contribution in [0.25, 0.3) is 0 Å². The number of hydrogen-bond donors (Lipinski definition) is 0. The van der Waals surface area contributed by atoms with Crippen LogP contribution in [0.15, 0.2) is 0 Å². The Kier molecular flexibility index (Phi) is 3.19. The van der Waals surface area contributed by atoms with Crippen molar-refractivity contribution >= 4 is 5.78 Å². The molecule has 1 saturated heterocycles. The minimum atomic E-state index is -4.69. The van der Waals surface area contributed by atoms with Gasteiger partial charge < -0.3 is 4.74 Å². The average Bonchev–Trinajstić information content (AvgIpc) is 2.02. The van der Waals surface area contributed by atoms with Gasteiger partial charge in [0.25, 0.3) is 0 Å². The van der Waals surface area contributed by atoms with Crippen LogP contribution < -0.4 is 0 Å². The van der Waals surface area contributed by atoms with Gasteiger partial charge in [-0.1, -0.05) is 6.92 Å². The van der Waals surface area contributed by atoms with Gasteiger partial charge >= 0.3 is 6.18 Å². The van der Waals surface area contributed by atoms with E-state index in [0.717, 1.165) is 0 Å². The maximum absolute atomic E-state index is 12.0. The lowest BCUT2D eigenvalue weighted by Crippen LogP contribution is -2.34. The second kappa shape index (κ2) is 3.88. The first-order valence-electron chi connectivity index (χ1n) is 4.51. The molecule has 0 N–H and O–H groups in total. The second-order valence-electron chi connectivity index (χ2n) is 4.02. The molecule has 0 aromatic rings. The number of rotatable bonds is 2. The first-order valence-corrected chi connectivity index (χ1v) is 4.51. The van der Waals surface area contributed by atoms with Gasteiger partial charge in [0.05, 0.1) is 0 Å². The summed E-state index contributed by atoms with van der Waals surface area (Å²) in [5.41, 5.74) is -0.537. The van der Waals surface area contributed by atoms with E-state index in [1.165, 1.54) is 0 Å². The number of ether oxygens (including phenoxy) is 1. The number of halogens is 3. The van der Waals surface area contributed by atoms with Crippen molar-refractivity contribution in [2.75, 3.05) is 13.2 Å². The van der Waals surface area contributed by atoms with Gasteiger partial charge in [0.1, 0.15) is 0 Å². The molecule has 1 fully saturated rings. The largest absolute Gasteiger partial charge is 0.449 e. The smallest absolute Gasteiger partial charge is 0.381 e. The van der Waals surface area contributed by atoms with Gasteiger partial charge in [-0.2, -0.15) is 13.2 Å². The van der Waals surface area contributed by atoms with Crippen LogP contribution >= 0.6 is 0 Å². The first-order chi connectivity index (χ1) is 6.33. The molecule has 0 spiro atoms. The van der Waals surface area contributed by atoms with Crippen molar-refractivity contribution in [2.45, 2.75) is 32.4 Å². The minimum absolute atomic E-state index is 0.417. The Morgan fingerprint density at radius 3 is 2.29 bits per heavy atom. The summed E-state index contributed by atoms with van der Waals surface area (Å²) >= 11 is 0. The van der Waals surface area contributed by atoms with Gasteiger partial charge in [-0.05, 0) is 18.3 Å². The third kappa shape index (κ3) is 2.97. The zero-order valence-electron chi connectivity index (χ0n) is 7.99. The minimum Gasteiger partial charge on any atom is -0.381 e. The molecule has 0 bridgehead atoms. The predicted octanol–water partition coefficient (Wildman–Crippen LogP) is 2.32. The predicted molar refractivity (Wildman–Crippen MR) is 43.8 cm³/mol. The van der Waals surface area contributed by atoms with Crippen molar-refractivity contribution in [1.29, 1.82) is 0 Å². The molecule has 82 valence electrons. The number of carbonyl (C=O) groups excluding carboxylic acids is 1. The van der Waals surface area contributed by atoms with E-state index in [-0.39, 0.29) is 0 Å². The topological polar surface area (TPSA) is 26.3 Å². The lowest BCUT2D eigenvalue weighted by Gasteiger charge is -2.32. The second-order valence-corrected chi connectivity index (χ2v) is 4.02. The third-order valence-corrected chi connectivity index (χ3v) is 2.60. The highest BCUT2D eigenvalue weighted by Crippen LogP contribution is 2.36. The average molecular weight is 210 g/mol. The van der Waals surface area contributed by atoms with E-state index >= 15 is 0 Å². The van der Waals surface area contributed by atoms with E-state index in [1.807, 2.05) is 0 Å². The Labute approximate surface area is 80.4 Å². The molecule has 0 radical (unpaired) electrons. The van der Waals surface area contributed by atoms with Crippen LogP contribution in [-0.4, -0.2) is 25.2 Å². The highest BCUT2D eigenvalue weighted by atomic mass is 19.4. The molecule has 14 heavy (non-hydrogen) atoms. The van der Waals surface area contributed by atoms with E-state index in [4.69, 9.17) is 4.74 Å². The third-order valence-electron chi connectivity index (χ3n) is 2.60. The number of ketones is 1. The Morgan fingerprint density at radius 2 is 1.86 bits per heavy atom. The van der Waals surface area contributed by atoms with E-state index in [2.05, 4.69) is 0 Å². The zero-order valence-corrected chi connectivity index (χ0v) is 7.99. The number of carbonyl (C=O) groups is 1. The van der Waals surface area contributed by atoms with E-state index in [1.54, 1.807) is 6.92 Å². The van der Waals surface area contributed by atoms with Crippen LogP contribution in [0.3, 0.4) is 0 Å². The van der Waals surface area contributed by atoms with Crippen molar-refractivity contribution in [3.8, 4) is 0 Å². The number of alkyl halides is 3. The molecule has 0 atom stereocenters. The molecule has 1 heterocycles. The van der Waals surface area contributed by atoms with Crippen molar-refractivity contribution in [1.82, 2.24) is 0 Å². The summed E-state index contributed by atoms with van der Waals surface area (Å²) in [7, 11) is 0. The van der Waals surface area contributed by atoms with Crippen LogP contribution in [0.2, 0.25) is 0 Å². The van der Waals surface area contributed by atoms with Gasteiger partial charge in [0.15, 0.2) is 0 Å². The van der Waals surface area contributed by atoms with E-state index < -0.39 is 23.8 Å². The quantitative estimate of drug-likeness (QED) is 0.699. The number of hydrogen-bond acceptors (Lipinski definition) is 2. The van der Waals surface area contributed by atoms with Crippen LogP contribution in [0.4, 0.5) is 13.2 Å². The molecule has 1 aliphatic heterocycles. The lowest BCUT2D eigenvalue weighted by atomic mass is 9.78. The fourth-order valence-electron chi connectivity index (χ4n) is 1.53. The Balaban J connectivity index is 2.54. The van der Waals surface area contributed by atoms with E-state index in [9.17, 15) is 18.0 Å². The zero-order chi connectivity index (χ0) is 10.8. The van der Waals surface area contributed by atoms with Crippen LogP contribution in [0, 0.1) is 5.41 Å². The van der Waals surface area contributed by atoms with Crippen molar-refractivity contribution in [3.05, 3.63) is 0 Å². The molecule has 0 aliphatic carbocycles. The van der Waals surface area contributed by atoms with Gasteiger partial charge in [-0.3, -0.25) is 4.79 Å². The van der Waals surface area contributed by atoms with Gasteiger partial charge in [0, 0.05) is 19.6 Å². The molecule has 1 aliphatic rings. The molecule has 0 unspecified atom stereocenters. The highest BCUT2D eigenvalue weighted by Gasteiger charge is 2.42. The molecule has 0 amide bonds. The van der Waals surface area contributed by atoms with Gasteiger partial charge in [-0.15, -0.1) is 0 Å². The standard InChI is InChI=1S/C9H13F3O2/c1-8(2-4-14-5-3-8)6-7(13)9(10,11)12/h2-6H2,1H3. The van der Waals surface area contributed by atoms with Crippen molar-refractivity contribution in [3.63, 3.8) is 0 Å².